The number of benzene rings is 1. The van der Waals surface area contributed by atoms with E-state index in [2.05, 4.69) is 19.5 Å². The fourth-order valence-corrected chi connectivity index (χ4v) is 3.57. The number of rotatable bonds is 6. The summed E-state index contributed by atoms with van der Waals surface area (Å²) in [4.78, 5) is 21.2. The minimum absolute atomic E-state index is 0.0290. The third-order valence-corrected chi connectivity index (χ3v) is 4.93. The van der Waals surface area contributed by atoms with Crippen molar-refractivity contribution in [2.24, 2.45) is 7.05 Å². The summed E-state index contributed by atoms with van der Waals surface area (Å²) in [7, 11) is -1.34. The molecule has 1 aliphatic heterocycles. The lowest BCUT2D eigenvalue weighted by Crippen LogP contribution is -2.48. The highest BCUT2D eigenvalue weighted by atomic mass is 32.2. The number of nitrogens with zero attached hydrogens (tertiary/aromatic N) is 4. The van der Waals surface area contributed by atoms with Crippen molar-refractivity contribution in [2.75, 3.05) is 48.6 Å². The number of aryl methyl sites for hydroxylation is 1. The zero-order valence-electron chi connectivity index (χ0n) is 14.9. The van der Waals surface area contributed by atoms with Gasteiger partial charge in [0, 0.05) is 56.9 Å². The quantitative estimate of drug-likeness (QED) is 0.749. The smallest absolute Gasteiger partial charge is 0.229 e. The molecule has 0 radical (unpaired) electrons. The number of ketones is 1. The number of hydrogen-bond acceptors (Lipinski definition) is 6. The van der Waals surface area contributed by atoms with Crippen LogP contribution in [0.5, 0.6) is 0 Å². The zero-order valence-corrected chi connectivity index (χ0v) is 15.7. The predicted molar refractivity (Wildman–Crippen MR) is 101 cm³/mol. The topological polar surface area (TPSA) is 87.5 Å². The number of hydrogen-bond donors (Lipinski definition) is 1. The molecular formula is C17H23N5O3S. The molecule has 2 aromatic rings. The molecule has 8 nitrogen and oxygen atoms in total. The second kappa shape index (κ2) is 7.46. The molecule has 9 heteroatoms. The van der Waals surface area contributed by atoms with Gasteiger partial charge in [-0.2, -0.15) is 0 Å². The monoisotopic (exact) mass is 377 g/mol. The molecular weight excluding hydrogens is 354 g/mol. The van der Waals surface area contributed by atoms with Crippen molar-refractivity contribution < 1.29 is 13.2 Å². The SMILES string of the molecule is Cn1ccnc1N1CCN(CC(=O)c2ccc(NS(C)(=O)=O)cc2)CC1. The van der Waals surface area contributed by atoms with Crippen molar-refractivity contribution in [3.63, 3.8) is 0 Å². The summed E-state index contributed by atoms with van der Waals surface area (Å²) in [6.45, 7) is 3.61. The Balaban J connectivity index is 1.53. The van der Waals surface area contributed by atoms with Crippen LogP contribution in [-0.2, 0) is 17.1 Å². The van der Waals surface area contributed by atoms with Gasteiger partial charge in [0.2, 0.25) is 16.0 Å². The number of carbonyl (C=O) groups excluding carboxylic acids is 1. The van der Waals surface area contributed by atoms with E-state index in [0.717, 1.165) is 38.4 Å². The number of aromatic nitrogens is 2. The van der Waals surface area contributed by atoms with E-state index in [0.29, 0.717) is 17.8 Å². The van der Waals surface area contributed by atoms with Crippen molar-refractivity contribution in [1.82, 2.24) is 14.5 Å². The Bertz CT molecular complexity index is 868. The summed E-state index contributed by atoms with van der Waals surface area (Å²) >= 11 is 0. The van der Waals surface area contributed by atoms with E-state index in [1.165, 1.54) is 0 Å². The van der Waals surface area contributed by atoms with E-state index in [1.807, 2.05) is 17.8 Å². The van der Waals surface area contributed by atoms with Crippen molar-refractivity contribution in [3.05, 3.63) is 42.2 Å². The summed E-state index contributed by atoms with van der Waals surface area (Å²) in [6.07, 6.45) is 4.80. The summed E-state index contributed by atoms with van der Waals surface area (Å²) in [5.74, 6) is 0.978. The van der Waals surface area contributed by atoms with Crippen LogP contribution < -0.4 is 9.62 Å². The lowest BCUT2D eigenvalue weighted by molar-refractivity contribution is 0.0926. The molecule has 1 aromatic heterocycles. The molecule has 0 amide bonds. The van der Waals surface area contributed by atoms with Gasteiger partial charge >= 0.3 is 0 Å². The molecule has 26 heavy (non-hydrogen) atoms. The maximum Gasteiger partial charge on any atom is 0.229 e. The van der Waals surface area contributed by atoms with Crippen LogP contribution in [0.4, 0.5) is 11.6 Å². The third-order valence-electron chi connectivity index (χ3n) is 4.33. The van der Waals surface area contributed by atoms with E-state index in [1.54, 1.807) is 30.5 Å². The predicted octanol–water partition coefficient (Wildman–Crippen LogP) is 0.796. The van der Waals surface area contributed by atoms with Gasteiger partial charge in [-0.25, -0.2) is 13.4 Å². The minimum Gasteiger partial charge on any atom is -0.340 e. The summed E-state index contributed by atoms with van der Waals surface area (Å²) < 4.78 is 26.8. The molecule has 2 heterocycles. The van der Waals surface area contributed by atoms with Gasteiger partial charge in [-0.15, -0.1) is 0 Å². The zero-order chi connectivity index (χ0) is 18.7. The lowest BCUT2D eigenvalue weighted by atomic mass is 10.1. The van der Waals surface area contributed by atoms with E-state index in [-0.39, 0.29) is 5.78 Å². The molecule has 1 saturated heterocycles. The van der Waals surface area contributed by atoms with Crippen molar-refractivity contribution >= 4 is 27.4 Å². The van der Waals surface area contributed by atoms with E-state index < -0.39 is 10.0 Å². The van der Waals surface area contributed by atoms with Crippen LogP contribution in [0.25, 0.3) is 0 Å². The first-order valence-corrected chi connectivity index (χ1v) is 10.3. The Morgan fingerprint density at radius 2 is 1.81 bits per heavy atom. The van der Waals surface area contributed by atoms with Crippen molar-refractivity contribution in [1.29, 1.82) is 0 Å². The second-order valence-electron chi connectivity index (χ2n) is 6.48. The minimum atomic E-state index is -3.31. The van der Waals surface area contributed by atoms with Crippen LogP contribution in [0.15, 0.2) is 36.7 Å². The molecule has 3 rings (SSSR count). The molecule has 1 N–H and O–H groups in total. The van der Waals surface area contributed by atoms with Crippen LogP contribution in [-0.4, -0.2) is 67.6 Å². The van der Waals surface area contributed by atoms with Gasteiger partial charge in [-0.05, 0) is 24.3 Å². The summed E-state index contributed by atoms with van der Waals surface area (Å²) in [5.41, 5.74) is 1.03. The number of piperazine rings is 1. The Morgan fingerprint density at radius 3 is 2.35 bits per heavy atom. The molecule has 0 atom stereocenters. The lowest BCUT2D eigenvalue weighted by Gasteiger charge is -2.34. The first-order valence-electron chi connectivity index (χ1n) is 8.37. The highest BCUT2D eigenvalue weighted by Gasteiger charge is 2.21. The maximum absolute atomic E-state index is 12.5. The second-order valence-corrected chi connectivity index (χ2v) is 8.22. The molecule has 140 valence electrons. The van der Waals surface area contributed by atoms with Crippen LogP contribution >= 0.6 is 0 Å². The molecule has 1 aromatic carbocycles. The molecule has 0 aliphatic carbocycles. The van der Waals surface area contributed by atoms with Gasteiger partial charge in [0.15, 0.2) is 5.78 Å². The van der Waals surface area contributed by atoms with Crippen LogP contribution in [0.3, 0.4) is 0 Å². The number of sulfonamides is 1. The number of anilines is 2. The van der Waals surface area contributed by atoms with Gasteiger partial charge in [0.1, 0.15) is 0 Å². The van der Waals surface area contributed by atoms with Gasteiger partial charge < -0.3 is 9.47 Å². The Hall–Kier alpha value is -2.39. The van der Waals surface area contributed by atoms with E-state index >= 15 is 0 Å². The average Bonchev–Trinajstić information content (AvgIpc) is 3.01. The van der Waals surface area contributed by atoms with E-state index in [4.69, 9.17) is 0 Å². The largest absolute Gasteiger partial charge is 0.340 e. The first kappa shape index (κ1) is 18.4. The fourth-order valence-electron chi connectivity index (χ4n) is 3.00. The van der Waals surface area contributed by atoms with Crippen LogP contribution in [0, 0.1) is 0 Å². The molecule has 1 fully saturated rings. The summed E-state index contributed by atoms with van der Waals surface area (Å²) in [5, 5.41) is 0. The molecule has 0 bridgehead atoms. The Labute approximate surface area is 153 Å². The molecule has 0 unspecified atom stereocenters. The van der Waals surface area contributed by atoms with Gasteiger partial charge in [0.05, 0.1) is 12.8 Å². The third kappa shape index (κ3) is 4.61. The standard InChI is InChI=1S/C17H23N5O3S/c1-20-8-7-18-17(20)22-11-9-21(10-12-22)13-16(23)14-3-5-15(6-4-14)19-26(2,24)25/h3-8,19H,9-13H2,1-2H3. The molecule has 0 saturated carbocycles. The summed E-state index contributed by atoms with van der Waals surface area (Å²) in [6, 6.07) is 6.51. The van der Waals surface area contributed by atoms with Crippen LogP contribution in [0.2, 0.25) is 0 Å². The molecule has 1 aliphatic rings. The number of Topliss-reactive ketones (excluding diaryl/α,β-unsaturated/α-hetero) is 1. The first-order chi connectivity index (χ1) is 12.3. The highest BCUT2D eigenvalue weighted by molar-refractivity contribution is 7.92. The average molecular weight is 377 g/mol. The molecule has 0 spiro atoms. The number of imidazole rings is 1. The van der Waals surface area contributed by atoms with Crippen LogP contribution in [0.1, 0.15) is 10.4 Å². The highest BCUT2D eigenvalue weighted by Crippen LogP contribution is 2.15. The number of carbonyl (C=O) groups is 1. The van der Waals surface area contributed by atoms with Crippen molar-refractivity contribution in [3.8, 4) is 0 Å². The maximum atomic E-state index is 12.5. The van der Waals surface area contributed by atoms with Crippen molar-refractivity contribution in [2.45, 2.75) is 0 Å². The van der Waals surface area contributed by atoms with Gasteiger partial charge in [0.25, 0.3) is 0 Å². The Morgan fingerprint density at radius 1 is 1.15 bits per heavy atom. The Kier molecular flexibility index (Phi) is 5.28. The van der Waals surface area contributed by atoms with Gasteiger partial charge in [-0.1, -0.05) is 0 Å². The fraction of sp³-hybridized carbons (Fsp3) is 0.412. The number of nitrogens with one attached hydrogen (secondary N) is 1. The van der Waals surface area contributed by atoms with Gasteiger partial charge in [-0.3, -0.25) is 14.4 Å². The van der Waals surface area contributed by atoms with E-state index in [9.17, 15) is 13.2 Å². The normalized spacial score (nSPS) is 15.8.